The summed E-state index contributed by atoms with van der Waals surface area (Å²) in [7, 11) is 0. The van der Waals surface area contributed by atoms with Crippen molar-refractivity contribution in [1.29, 1.82) is 0 Å². The van der Waals surface area contributed by atoms with Gasteiger partial charge in [-0.2, -0.15) is 0 Å². The van der Waals surface area contributed by atoms with E-state index in [1.54, 1.807) is 6.20 Å². The van der Waals surface area contributed by atoms with Crippen LogP contribution in [0.5, 0.6) is 0 Å². The maximum atomic E-state index is 6.15. The van der Waals surface area contributed by atoms with E-state index in [0.717, 1.165) is 46.8 Å². The lowest BCUT2D eigenvalue weighted by Gasteiger charge is -2.15. The largest absolute Gasteiger partial charge is 0.366 e. The van der Waals surface area contributed by atoms with E-state index >= 15 is 0 Å². The van der Waals surface area contributed by atoms with Gasteiger partial charge in [0.2, 0.25) is 0 Å². The van der Waals surface area contributed by atoms with E-state index in [4.69, 9.17) is 21.6 Å². The van der Waals surface area contributed by atoms with E-state index in [-0.39, 0.29) is 0 Å². The van der Waals surface area contributed by atoms with Crippen LogP contribution in [0.3, 0.4) is 0 Å². The van der Waals surface area contributed by atoms with Crippen molar-refractivity contribution >= 4 is 45.3 Å². The Morgan fingerprint density at radius 1 is 1.04 bits per heavy atom. The third-order valence-corrected chi connectivity index (χ3v) is 5.16. The van der Waals surface area contributed by atoms with E-state index in [1.807, 2.05) is 24.3 Å². The van der Waals surface area contributed by atoms with Crippen molar-refractivity contribution in [1.82, 2.24) is 24.3 Å². The minimum atomic E-state index is 0.580. The fraction of sp³-hybridized carbons (Fsp3) is 0.316. The number of rotatable bonds is 4. The molecule has 0 radical (unpaired) electrons. The molecule has 4 heterocycles. The van der Waals surface area contributed by atoms with Gasteiger partial charge in [0.25, 0.3) is 0 Å². The van der Waals surface area contributed by atoms with E-state index in [2.05, 4.69) is 25.7 Å². The normalized spacial score (nSPS) is 15.4. The highest BCUT2D eigenvalue weighted by Crippen LogP contribution is 2.26. The van der Waals surface area contributed by atoms with Gasteiger partial charge in [-0.3, -0.25) is 4.40 Å². The molecule has 7 heteroatoms. The van der Waals surface area contributed by atoms with Crippen molar-refractivity contribution in [2.45, 2.75) is 12.8 Å². The van der Waals surface area contributed by atoms with Crippen LogP contribution in [-0.4, -0.2) is 50.4 Å². The number of pyridine rings is 1. The second-order valence-corrected chi connectivity index (χ2v) is 7.13. The minimum absolute atomic E-state index is 0.580. The summed E-state index contributed by atoms with van der Waals surface area (Å²) in [6, 6.07) is 9.93. The molecule has 0 saturated carbocycles. The highest BCUT2D eigenvalue weighted by atomic mass is 35.5. The Morgan fingerprint density at radius 3 is 2.77 bits per heavy atom. The molecule has 1 saturated heterocycles. The standard InChI is InChI=1S/C19H19ClN6/c20-13-11-15-18(22-12-13)26-16-6-2-1-5-14(16)24-19(26)17(23-15)21-7-10-25-8-3-4-9-25/h1-2,5-6,11-12H,3-4,7-10H2,(H,21,23). The molecule has 1 fully saturated rings. The zero-order valence-corrected chi connectivity index (χ0v) is 15.1. The zero-order valence-electron chi connectivity index (χ0n) is 14.3. The maximum absolute atomic E-state index is 6.15. The molecule has 132 valence electrons. The minimum Gasteiger partial charge on any atom is -0.366 e. The number of benzene rings is 1. The van der Waals surface area contributed by atoms with Crippen molar-refractivity contribution in [3.8, 4) is 0 Å². The summed E-state index contributed by atoms with van der Waals surface area (Å²) in [6.07, 6.45) is 4.25. The summed E-state index contributed by atoms with van der Waals surface area (Å²) in [5.74, 6) is 0.775. The molecule has 0 spiro atoms. The fourth-order valence-electron chi connectivity index (χ4n) is 3.70. The highest BCUT2D eigenvalue weighted by Gasteiger charge is 2.16. The third kappa shape index (κ3) is 2.66. The number of hydrogen-bond donors (Lipinski definition) is 1. The van der Waals surface area contributed by atoms with E-state index in [0.29, 0.717) is 5.02 Å². The number of likely N-dealkylation sites (tertiary alicyclic amines) is 1. The predicted octanol–water partition coefficient (Wildman–Crippen LogP) is 3.59. The summed E-state index contributed by atoms with van der Waals surface area (Å²) in [4.78, 5) is 16.5. The van der Waals surface area contributed by atoms with Gasteiger partial charge in [-0.05, 0) is 44.1 Å². The quantitative estimate of drug-likeness (QED) is 0.598. The third-order valence-electron chi connectivity index (χ3n) is 4.95. The molecule has 0 unspecified atom stereocenters. The molecule has 0 aliphatic carbocycles. The van der Waals surface area contributed by atoms with Crippen LogP contribution in [0.4, 0.5) is 5.82 Å². The van der Waals surface area contributed by atoms with E-state index in [9.17, 15) is 0 Å². The Kier molecular flexibility index (Phi) is 3.87. The maximum Gasteiger partial charge on any atom is 0.182 e. The average Bonchev–Trinajstić information content (AvgIpc) is 3.29. The number of para-hydroxylation sites is 2. The molecular weight excluding hydrogens is 348 g/mol. The molecule has 3 aromatic heterocycles. The van der Waals surface area contributed by atoms with Crippen molar-refractivity contribution in [2.24, 2.45) is 0 Å². The van der Waals surface area contributed by atoms with Crippen LogP contribution < -0.4 is 5.32 Å². The van der Waals surface area contributed by atoms with Crippen LogP contribution in [0.1, 0.15) is 12.8 Å². The Bertz CT molecular complexity index is 1100. The van der Waals surface area contributed by atoms with Crippen LogP contribution in [0, 0.1) is 0 Å². The molecular formula is C19H19ClN6. The van der Waals surface area contributed by atoms with E-state index < -0.39 is 0 Å². The summed E-state index contributed by atoms with van der Waals surface area (Å²) in [5.41, 5.74) is 4.28. The SMILES string of the molecule is Clc1cnc2c(c1)nc(NCCN1CCCC1)c1nc3ccccc3n12. The van der Waals surface area contributed by atoms with Crippen LogP contribution in [0.2, 0.25) is 5.02 Å². The first kappa shape index (κ1) is 15.8. The fourth-order valence-corrected chi connectivity index (χ4v) is 3.85. The van der Waals surface area contributed by atoms with Crippen molar-refractivity contribution < 1.29 is 0 Å². The molecule has 1 aliphatic rings. The van der Waals surface area contributed by atoms with E-state index in [1.165, 1.54) is 25.9 Å². The number of imidazole rings is 1. The lowest BCUT2D eigenvalue weighted by Crippen LogP contribution is -2.26. The molecule has 4 aromatic rings. The van der Waals surface area contributed by atoms with Gasteiger partial charge in [-0.25, -0.2) is 15.0 Å². The number of nitrogens with zero attached hydrogens (tertiary/aromatic N) is 5. The summed E-state index contributed by atoms with van der Waals surface area (Å²) in [6.45, 7) is 4.23. The summed E-state index contributed by atoms with van der Waals surface area (Å²) in [5, 5.41) is 4.06. The number of anilines is 1. The number of fused-ring (bicyclic) bond motifs is 5. The number of hydrogen-bond acceptors (Lipinski definition) is 5. The van der Waals surface area contributed by atoms with Gasteiger partial charge in [-0.1, -0.05) is 23.7 Å². The van der Waals surface area contributed by atoms with Crippen molar-refractivity contribution in [3.05, 3.63) is 41.6 Å². The zero-order chi connectivity index (χ0) is 17.5. The summed E-state index contributed by atoms with van der Waals surface area (Å²) < 4.78 is 2.06. The predicted molar refractivity (Wildman–Crippen MR) is 105 cm³/mol. The van der Waals surface area contributed by atoms with Crippen LogP contribution >= 0.6 is 11.6 Å². The molecule has 1 aromatic carbocycles. The molecule has 5 rings (SSSR count). The Labute approximate surface area is 155 Å². The Morgan fingerprint density at radius 2 is 1.88 bits per heavy atom. The Hall–Kier alpha value is -2.44. The summed E-state index contributed by atoms with van der Waals surface area (Å²) >= 11 is 6.15. The highest BCUT2D eigenvalue weighted by molar-refractivity contribution is 6.31. The first-order chi connectivity index (χ1) is 12.8. The molecule has 0 bridgehead atoms. The van der Waals surface area contributed by atoms with Gasteiger partial charge >= 0.3 is 0 Å². The van der Waals surface area contributed by atoms with Crippen LogP contribution in [-0.2, 0) is 0 Å². The molecule has 1 aliphatic heterocycles. The van der Waals surface area contributed by atoms with Gasteiger partial charge in [0.15, 0.2) is 17.1 Å². The molecule has 0 atom stereocenters. The lowest BCUT2D eigenvalue weighted by atomic mass is 10.3. The smallest absolute Gasteiger partial charge is 0.182 e. The van der Waals surface area contributed by atoms with Crippen molar-refractivity contribution in [2.75, 3.05) is 31.5 Å². The lowest BCUT2D eigenvalue weighted by molar-refractivity contribution is 0.352. The molecule has 0 amide bonds. The first-order valence-electron chi connectivity index (χ1n) is 8.98. The molecule has 6 nitrogen and oxygen atoms in total. The van der Waals surface area contributed by atoms with Crippen LogP contribution in [0.15, 0.2) is 36.5 Å². The number of nitrogens with one attached hydrogen (secondary N) is 1. The molecule has 1 N–H and O–H groups in total. The van der Waals surface area contributed by atoms with Crippen molar-refractivity contribution in [3.63, 3.8) is 0 Å². The first-order valence-corrected chi connectivity index (χ1v) is 9.36. The monoisotopic (exact) mass is 366 g/mol. The van der Waals surface area contributed by atoms with Gasteiger partial charge in [0.1, 0.15) is 5.52 Å². The van der Waals surface area contributed by atoms with Crippen LogP contribution in [0.25, 0.3) is 27.8 Å². The van der Waals surface area contributed by atoms with Gasteiger partial charge in [0, 0.05) is 19.3 Å². The van der Waals surface area contributed by atoms with Gasteiger partial charge in [-0.15, -0.1) is 0 Å². The second-order valence-electron chi connectivity index (χ2n) is 6.69. The molecule has 26 heavy (non-hydrogen) atoms. The Balaban J connectivity index is 1.63. The number of aromatic nitrogens is 4. The topological polar surface area (TPSA) is 58.4 Å². The van der Waals surface area contributed by atoms with Gasteiger partial charge in [0.05, 0.1) is 16.1 Å². The number of halogens is 1. The second kappa shape index (κ2) is 6.37. The average molecular weight is 367 g/mol. The van der Waals surface area contributed by atoms with Gasteiger partial charge < -0.3 is 10.2 Å².